The van der Waals surface area contributed by atoms with Crippen molar-refractivity contribution in [2.24, 2.45) is 0 Å². The summed E-state index contributed by atoms with van der Waals surface area (Å²) in [6, 6.07) is 2.06. The Morgan fingerprint density at radius 1 is 1.20 bits per heavy atom. The highest BCUT2D eigenvalue weighted by atomic mass is 32.1. The van der Waals surface area contributed by atoms with Crippen molar-refractivity contribution >= 4 is 27.5 Å². The highest BCUT2D eigenvalue weighted by Crippen LogP contribution is 2.21. The lowest BCUT2D eigenvalue weighted by molar-refractivity contribution is 0.569. The Balaban J connectivity index is 1.95. The van der Waals surface area contributed by atoms with Gasteiger partial charge < -0.3 is 4.90 Å². The fourth-order valence-electron chi connectivity index (χ4n) is 2.00. The molecule has 0 radical (unpaired) electrons. The van der Waals surface area contributed by atoms with Gasteiger partial charge in [0.25, 0.3) is 0 Å². The molecule has 0 N–H and O–H groups in total. The van der Waals surface area contributed by atoms with E-state index in [-0.39, 0.29) is 0 Å². The predicted octanol–water partition coefficient (Wildman–Crippen LogP) is 2.68. The van der Waals surface area contributed by atoms with Crippen LogP contribution in [0, 0.1) is 0 Å². The van der Waals surface area contributed by atoms with Gasteiger partial charge in [0.05, 0.1) is 16.4 Å². The fraction of sp³-hybridized carbons (Fsp3) is 0.455. The van der Waals surface area contributed by atoms with E-state index in [9.17, 15) is 0 Å². The van der Waals surface area contributed by atoms with Crippen LogP contribution in [0.1, 0.15) is 19.3 Å². The second kappa shape index (κ2) is 3.77. The van der Waals surface area contributed by atoms with Crippen molar-refractivity contribution in [1.29, 1.82) is 0 Å². The van der Waals surface area contributed by atoms with Crippen molar-refractivity contribution in [2.45, 2.75) is 19.3 Å². The van der Waals surface area contributed by atoms with E-state index >= 15 is 0 Å². The molecule has 1 saturated heterocycles. The molecule has 1 fully saturated rings. The minimum Gasteiger partial charge on any atom is -0.341 e. The summed E-state index contributed by atoms with van der Waals surface area (Å²) < 4.78 is 1.18. The topological polar surface area (TPSA) is 29.0 Å². The van der Waals surface area contributed by atoms with Crippen LogP contribution in [0.2, 0.25) is 0 Å². The van der Waals surface area contributed by atoms with Crippen LogP contribution >= 0.6 is 11.3 Å². The molecule has 78 valence electrons. The molecule has 0 unspecified atom stereocenters. The Hall–Kier alpha value is -1.16. The molecule has 0 atom stereocenters. The number of hydrogen-bond donors (Lipinski definition) is 0. The minimum absolute atomic E-state index is 0.903. The monoisotopic (exact) mass is 219 g/mol. The molecule has 2 aromatic heterocycles. The van der Waals surface area contributed by atoms with Crippen LogP contribution in [-0.2, 0) is 0 Å². The van der Waals surface area contributed by atoms with Gasteiger partial charge in [-0.25, -0.2) is 9.97 Å². The number of nitrogens with zero attached hydrogens (tertiary/aromatic N) is 3. The highest BCUT2D eigenvalue weighted by molar-refractivity contribution is 7.17. The molecule has 3 rings (SSSR count). The van der Waals surface area contributed by atoms with Gasteiger partial charge in [-0.3, -0.25) is 0 Å². The number of aromatic nitrogens is 2. The van der Waals surface area contributed by atoms with Crippen LogP contribution in [0.25, 0.3) is 10.2 Å². The fourth-order valence-corrected chi connectivity index (χ4v) is 2.69. The van der Waals surface area contributed by atoms with Crippen LogP contribution in [0.15, 0.2) is 17.6 Å². The summed E-state index contributed by atoms with van der Waals surface area (Å²) in [5, 5.41) is 2.07. The third kappa shape index (κ3) is 1.69. The molecule has 1 aliphatic heterocycles. The number of anilines is 1. The zero-order valence-corrected chi connectivity index (χ0v) is 9.33. The largest absolute Gasteiger partial charge is 0.341 e. The molecule has 0 amide bonds. The number of thiophene rings is 1. The van der Waals surface area contributed by atoms with E-state index in [0.717, 1.165) is 24.6 Å². The van der Waals surface area contributed by atoms with E-state index in [1.54, 1.807) is 11.3 Å². The summed E-state index contributed by atoms with van der Waals surface area (Å²) >= 11 is 1.70. The first-order valence-corrected chi connectivity index (χ1v) is 6.27. The Bertz CT molecular complexity index is 460. The summed E-state index contributed by atoms with van der Waals surface area (Å²) in [5.74, 6) is 0.903. The van der Waals surface area contributed by atoms with E-state index in [0.29, 0.717) is 0 Å². The lowest BCUT2D eigenvalue weighted by Crippen LogP contribution is -2.30. The number of rotatable bonds is 1. The summed E-state index contributed by atoms with van der Waals surface area (Å²) in [7, 11) is 0. The van der Waals surface area contributed by atoms with Crippen molar-refractivity contribution in [2.75, 3.05) is 18.0 Å². The van der Waals surface area contributed by atoms with Gasteiger partial charge in [-0.15, -0.1) is 11.3 Å². The first-order valence-electron chi connectivity index (χ1n) is 5.39. The molecule has 3 nitrogen and oxygen atoms in total. The van der Waals surface area contributed by atoms with Crippen LogP contribution in [-0.4, -0.2) is 23.1 Å². The Labute approximate surface area is 92.8 Å². The molecule has 0 bridgehead atoms. The maximum absolute atomic E-state index is 4.58. The third-order valence-electron chi connectivity index (χ3n) is 2.83. The standard InChI is InChI=1S/C11H13N3S/c1-2-5-14(6-3-1)11-12-8-10-9(13-11)4-7-15-10/h4,7-8H,1-3,5-6H2. The summed E-state index contributed by atoms with van der Waals surface area (Å²) in [6.45, 7) is 2.21. The molecule has 1 aliphatic rings. The summed E-state index contributed by atoms with van der Waals surface area (Å²) in [6.07, 6.45) is 5.82. The number of fused-ring (bicyclic) bond motifs is 1. The Kier molecular flexibility index (Phi) is 2.29. The van der Waals surface area contributed by atoms with Crippen molar-refractivity contribution in [1.82, 2.24) is 9.97 Å². The van der Waals surface area contributed by atoms with E-state index in [1.807, 2.05) is 6.20 Å². The van der Waals surface area contributed by atoms with Crippen LogP contribution in [0.5, 0.6) is 0 Å². The quantitative estimate of drug-likeness (QED) is 0.738. The third-order valence-corrected chi connectivity index (χ3v) is 3.67. The molecular formula is C11H13N3S. The normalized spacial score (nSPS) is 17.2. The maximum Gasteiger partial charge on any atom is 0.225 e. The zero-order valence-electron chi connectivity index (χ0n) is 8.52. The van der Waals surface area contributed by atoms with Crippen LogP contribution in [0.4, 0.5) is 5.95 Å². The number of hydrogen-bond acceptors (Lipinski definition) is 4. The van der Waals surface area contributed by atoms with Gasteiger partial charge in [-0.05, 0) is 30.7 Å². The van der Waals surface area contributed by atoms with Gasteiger partial charge in [-0.2, -0.15) is 0 Å². The van der Waals surface area contributed by atoms with Crippen molar-refractivity contribution in [3.63, 3.8) is 0 Å². The molecule has 3 heterocycles. The van der Waals surface area contributed by atoms with Gasteiger partial charge >= 0.3 is 0 Å². The van der Waals surface area contributed by atoms with Crippen molar-refractivity contribution in [3.8, 4) is 0 Å². The minimum atomic E-state index is 0.903. The van der Waals surface area contributed by atoms with E-state index in [2.05, 4.69) is 26.3 Å². The van der Waals surface area contributed by atoms with Crippen LogP contribution < -0.4 is 4.90 Å². The van der Waals surface area contributed by atoms with E-state index in [1.165, 1.54) is 24.0 Å². The SMILES string of the molecule is c1cc2nc(N3CCCCC3)ncc2s1. The molecule has 0 spiro atoms. The van der Waals surface area contributed by atoms with Gasteiger partial charge in [0.2, 0.25) is 5.95 Å². The Morgan fingerprint density at radius 3 is 2.93 bits per heavy atom. The second-order valence-electron chi connectivity index (χ2n) is 3.89. The lowest BCUT2D eigenvalue weighted by Gasteiger charge is -2.26. The van der Waals surface area contributed by atoms with E-state index < -0.39 is 0 Å². The predicted molar refractivity (Wildman–Crippen MR) is 63.5 cm³/mol. The first kappa shape index (κ1) is 9.09. The van der Waals surface area contributed by atoms with Gasteiger partial charge in [0, 0.05) is 13.1 Å². The Morgan fingerprint density at radius 2 is 2.07 bits per heavy atom. The molecule has 15 heavy (non-hydrogen) atoms. The molecule has 0 saturated carbocycles. The summed E-state index contributed by atoms with van der Waals surface area (Å²) in [4.78, 5) is 11.3. The maximum atomic E-state index is 4.58. The van der Waals surface area contributed by atoms with Crippen LogP contribution in [0.3, 0.4) is 0 Å². The zero-order chi connectivity index (χ0) is 10.1. The molecule has 4 heteroatoms. The average Bonchev–Trinajstić information content (AvgIpc) is 2.77. The van der Waals surface area contributed by atoms with Gasteiger partial charge in [0.1, 0.15) is 0 Å². The van der Waals surface area contributed by atoms with Crippen molar-refractivity contribution in [3.05, 3.63) is 17.6 Å². The second-order valence-corrected chi connectivity index (χ2v) is 4.84. The molecule has 2 aromatic rings. The molecule has 0 aromatic carbocycles. The summed E-state index contributed by atoms with van der Waals surface area (Å²) in [5.41, 5.74) is 1.08. The smallest absolute Gasteiger partial charge is 0.225 e. The first-order chi connectivity index (χ1) is 7.43. The number of piperidine rings is 1. The molecular weight excluding hydrogens is 206 g/mol. The van der Waals surface area contributed by atoms with Gasteiger partial charge in [-0.1, -0.05) is 0 Å². The highest BCUT2D eigenvalue weighted by Gasteiger charge is 2.13. The molecule has 0 aliphatic carbocycles. The lowest BCUT2D eigenvalue weighted by atomic mass is 10.1. The van der Waals surface area contributed by atoms with Gasteiger partial charge in [0.15, 0.2) is 0 Å². The van der Waals surface area contributed by atoms with Crippen molar-refractivity contribution < 1.29 is 0 Å². The average molecular weight is 219 g/mol. The van der Waals surface area contributed by atoms with E-state index in [4.69, 9.17) is 0 Å².